The molecule has 0 unspecified atom stereocenters. The van der Waals surface area contributed by atoms with E-state index in [9.17, 15) is 0 Å². The van der Waals surface area contributed by atoms with Crippen molar-refractivity contribution in [2.45, 2.75) is 13.8 Å². The van der Waals surface area contributed by atoms with Crippen LogP contribution in [0.4, 0.5) is 0 Å². The Morgan fingerprint density at radius 3 is 2.74 bits per heavy atom. The molecule has 0 aliphatic rings. The zero-order valence-corrected chi connectivity index (χ0v) is 15.5. The lowest BCUT2D eigenvalue weighted by atomic mass is 9.96. The van der Waals surface area contributed by atoms with Gasteiger partial charge < -0.3 is 4.98 Å². The molecular formula is C21H20N6. The van der Waals surface area contributed by atoms with E-state index in [1.165, 1.54) is 11.1 Å². The van der Waals surface area contributed by atoms with Gasteiger partial charge in [-0.15, -0.1) is 0 Å². The molecule has 4 rings (SSSR count). The lowest BCUT2D eigenvalue weighted by molar-refractivity contribution is 1.10. The molecular weight excluding hydrogens is 336 g/mol. The second kappa shape index (κ2) is 6.64. The first kappa shape index (κ1) is 16.9. The number of benzene rings is 1. The largest absolute Gasteiger partial charge is 0.335 e. The monoisotopic (exact) mass is 356 g/mol. The Balaban J connectivity index is 1.92. The normalized spacial score (nSPS) is 11.5. The molecule has 6 heteroatoms. The lowest BCUT2D eigenvalue weighted by Crippen LogP contribution is -1.89. The van der Waals surface area contributed by atoms with Crippen molar-refractivity contribution in [3.63, 3.8) is 0 Å². The van der Waals surface area contributed by atoms with Gasteiger partial charge in [0.05, 0.1) is 16.9 Å². The quantitative estimate of drug-likeness (QED) is 0.534. The first-order valence-corrected chi connectivity index (χ1v) is 8.67. The number of aliphatic imine (C=N–C) groups is 1. The number of aryl methyl sites for hydroxylation is 2. The Kier molecular flexibility index (Phi) is 4.16. The SMILES string of the molecule is C=Cc1nc(-c2n[nH]c3cc(C)c(-c4cnccc4C)cc23)[nH]c1/C=N\C. The minimum atomic E-state index is 0.684. The summed E-state index contributed by atoms with van der Waals surface area (Å²) < 4.78 is 0. The average molecular weight is 356 g/mol. The smallest absolute Gasteiger partial charge is 0.159 e. The summed E-state index contributed by atoms with van der Waals surface area (Å²) in [5.74, 6) is 0.684. The van der Waals surface area contributed by atoms with Gasteiger partial charge in [0.25, 0.3) is 0 Å². The van der Waals surface area contributed by atoms with Crippen LogP contribution in [0.25, 0.3) is 39.6 Å². The lowest BCUT2D eigenvalue weighted by Gasteiger charge is -2.09. The van der Waals surface area contributed by atoms with E-state index in [2.05, 4.69) is 62.7 Å². The summed E-state index contributed by atoms with van der Waals surface area (Å²) >= 11 is 0. The molecule has 6 nitrogen and oxygen atoms in total. The number of imidazole rings is 1. The fourth-order valence-corrected chi connectivity index (χ4v) is 3.28. The van der Waals surface area contributed by atoms with Crippen LogP contribution in [-0.2, 0) is 0 Å². The van der Waals surface area contributed by atoms with Gasteiger partial charge >= 0.3 is 0 Å². The molecule has 0 aliphatic heterocycles. The molecule has 0 fully saturated rings. The van der Waals surface area contributed by atoms with Crippen LogP contribution in [-0.4, -0.2) is 38.4 Å². The summed E-state index contributed by atoms with van der Waals surface area (Å²) in [6, 6.07) is 6.28. The predicted octanol–water partition coefficient (Wildman–Crippen LogP) is 4.32. The van der Waals surface area contributed by atoms with Gasteiger partial charge in [-0.2, -0.15) is 5.10 Å². The second-order valence-corrected chi connectivity index (χ2v) is 6.45. The number of nitrogens with one attached hydrogen (secondary N) is 2. The molecule has 0 aliphatic carbocycles. The number of fused-ring (bicyclic) bond motifs is 1. The molecule has 0 saturated heterocycles. The van der Waals surface area contributed by atoms with E-state index in [-0.39, 0.29) is 0 Å². The zero-order chi connectivity index (χ0) is 19.0. The van der Waals surface area contributed by atoms with Gasteiger partial charge in [0, 0.05) is 36.6 Å². The standard InChI is InChI=1S/C21H20N6/c1-5-17-19(11-22-4)25-21(24-17)20-15-9-14(13(3)8-18(15)26-27-20)16-10-23-7-6-12(16)2/h5-11H,1H2,2-4H3,(H,24,25)(H,26,27)/b22-11-. The van der Waals surface area contributed by atoms with Crippen molar-refractivity contribution >= 4 is 23.2 Å². The van der Waals surface area contributed by atoms with Crippen LogP contribution in [0.1, 0.15) is 22.5 Å². The third kappa shape index (κ3) is 2.85. The van der Waals surface area contributed by atoms with Crippen molar-refractivity contribution in [2.75, 3.05) is 7.05 Å². The van der Waals surface area contributed by atoms with E-state index in [1.807, 2.05) is 18.5 Å². The summed E-state index contributed by atoms with van der Waals surface area (Å²) in [5.41, 5.74) is 7.92. The number of hydrogen-bond donors (Lipinski definition) is 2. The molecule has 4 aromatic rings. The first-order valence-electron chi connectivity index (χ1n) is 8.67. The van der Waals surface area contributed by atoms with Crippen molar-refractivity contribution in [1.29, 1.82) is 0 Å². The third-order valence-electron chi connectivity index (χ3n) is 4.67. The fourth-order valence-electron chi connectivity index (χ4n) is 3.28. The van der Waals surface area contributed by atoms with Crippen molar-refractivity contribution in [3.05, 3.63) is 59.7 Å². The number of rotatable bonds is 4. The van der Waals surface area contributed by atoms with E-state index in [1.54, 1.807) is 19.3 Å². The highest BCUT2D eigenvalue weighted by Gasteiger charge is 2.16. The molecule has 0 saturated carbocycles. The summed E-state index contributed by atoms with van der Waals surface area (Å²) in [6.07, 6.45) is 7.16. The van der Waals surface area contributed by atoms with Crippen LogP contribution in [0.15, 0.2) is 42.2 Å². The molecule has 0 bridgehead atoms. The fraction of sp³-hybridized carbons (Fsp3) is 0.143. The Hall–Kier alpha value is -3.54. The number of aromatic amines is 2. The summed E-state index contributed by atoms with van der Waals surface area (Å²) in [6.45, 7) is 8.02. The van der Waals surface area contributed by atoms with Crippen molar-refractivity contribution in [1.82, 2.24) is 25.1 Å². The van der Waals surface area contributed by atoms with Gasteiger partial charge in [0.1, 0.15) is 5.69 Å². The Morgan fingerprint density at radius 1 is 1.15 bits per heavy atom. The number of pyridine rings is 1. The average Bonchev–Trinajstić information content (AvgIpc) is 3.25. The molecule has 3 aromatic heterocycles. The van der Waals surface area contributed by atoms with Crippen LogP contribution in [0, 0.1) is 13.8 Å². The van der Waals surface area contributed by atoms with Gasteiger partial charge in [-0.25, -0.2) is 4.98 Å². The summed E-state index contributed by atoms with van der Waals surface area (Å²) in [7, 11) is 1.72. The maximum atomic E-state index is 4.62. The Morgan fingerprint density at radius 2 is 2.00 bits per heavy atom. The predicted molar refractivity (Wildman–Crippen MR) is 110 cm³/mol. The number of hydrogen-bond acceptors (Lipinski definition) is 4. The molecule has 27 heavy (non-hydrogen) atoms. The summed E-state index contributed by atoms with van der Waals surface area (Å²) in [4.78, 5) is 16.3. The molecule has 0 atom stereocenters. The molecule has 2 N–H and O–H groups in total. The highest BCUT2D eigenvalue weighted by atomic mass is 15.1. The van der Waals surface area contributed by atoms with Gasteiger partial charge in [-0.3, -0.25) is 15.1 Å². The number of aromatic nitrogens is 5. The second-order valence-electron chi connectivity index (χ2n) is 6.45. The van der Waals surface area contributed by atoms with Crippen molar-refractivity contribution in [2.24, 2.45) is 4.99 Å². The van der Waals surface area contributed by atoms with E-state index < -0.39 is 0 Å². The number of nitrogens with zero attached hydrogens (tertiary/aromatic N) is 4. The van der Waals surface area contributed by atoms with Gasteiger partial charge in [-0.05, 0) is 54.8 Å². The van der Waals surface area contributed by atoms with Gasteiger partial charge in [0.15, 0.2) is 5.82 Å². The minimum Gasteiger partial charge on any atom is -0.335 e. The minimum absolute atomic E-state index is 0.684. The zero-order valence-electron chi connectivity index (χ0n) is 15.5. The first-order chi connectivity index (χ1) is 13.1. The molecule has 0 amide bonds. The summed E-state index contributed by atoms with van der Waals surface area (Å²) in [5, 5.41) is 8.62. The topological polar surface area (TPSA) is 82.6 Å². The van der Waals surface area contributed by atoms with E-state index in [0.29, 0.717) is 5.82 Å². The molecule has 3 heterocycles. The van der Waals surface area contributed by atoms with Gasteiger partial charge in [-0.1, -0.05) is 6.58 Å². The van der Waals surface area contributed by atoms with E-state index >= 15 is 0 Å². The molecule has 0 radical (unpaired) electrons. The van der Waals surface area contributed by atoms with E-state index in [0.717, 1.165) is 39.1 Å². The molecule has 0 spiro atoms. The van der Waals surface area contributed by atoms with Crippen molar-refractivity contribution < 1.29 is 0 Å². The highest BCUT2D eigenvalue weighted by Crippen LogP contribution is 2.33. The maximum absolute atomic E-state index is 4.62. The third-order valence-corrected chi connectivity index (χ3v) is 4.67. The van der Waals surface area contributed by atoms with Crippen molar-refractivity contribution in [3.8, 4) is 22.6 Å². The van der Waals surface area contributed by atoms with Gasteiger partial charge in [0.2, 0.25) is 0 Å². The number of H-pyrrole nitrogens is 2. The van der Waals surface area contributed by atoms with Crippen LogP contribution in [0.5, 0.6) is 0 Å². The highest BCUT2D eigenvalue weighted by molar-refractivity contribution is 5.96. The van der Waals surface area contributed by atoms with Crippen LogP contribution in [0.3, 0.4) is 0 Å². The molecule has 1 aromatic carbocycles. The Labute approximate surface area is 157 Å². The van der Waals surface area contributed by atoms with Crippen LogP contribution >= 0.6 is 0 Å². The van der Waals surface area contributed by atoms with Crippen LogP contribution < -0.4 is 0 Å². The van der Waals surface area contributed by atoms with E-state index in [4.69, 9.17) is 0 Å². The maximum Gasteiger partial charge on any atom is 0.159 e. The Bertz CT molecular complexity index is 1180. The van der Waals surface area contributed by atoms with Crippen LogP contribution in [0.2, 0.25) is 0 Å². The molecule has 134 valence electrons.